The molecule has 1 saturated heterocycles. The molecule has 2 nitrogen and oxygen atoms in total. The van der Waals surface area contributed by atoms with Gasteiger partial charge in [0.15, 0.2) is 0 Å². The minimum atomic E-state index is 0.612. The van der Waals surface area contributed by atoms with Crippen LogP contribution in [0.25, 0.3) is 0 Å². The second-order valence-corrected chi connectivity index (χ2v) is 5.77. The van der Waals surface area contributed by atoms with E-state index in [1.54, 1.807) is 0 Å². The molecule has 1 unspecified atom stereocenters. The van der Waals surface area contributed by atoms with Crippen molar-refractivity contribution in [1.29, 1.82) is 0 Å². The van der Waals surface area contributed by atoms with Crippen molar-refractivity contribution in [1.82, 2.24) is 10.2 Å². The van der Waals surface area contributed by atoms with Gasteiger partial charge in [-0.15, -0.1) is 0 Å². The Morgan fingerprint density at radius 3 is 2.76 bits per heavy atom. The molecular formula is C14H21BrN2. The molecule has 0 aromatic heterocycles. The molecule has 0 bridgehead atoms. The van der Waals surface area contributed by atoms with Crippen molar-refractivity contribution in [2.24, 2.45) is 0 Å². The van der Waals surface area contributed by atoms with Crippen LogP contribution in [0, 0.1) is 0 Å². The van der Waals surface area contributed by atoms with Crippen molar-refractivity contribution in [3.63, 3.8) is 0 Å². The molecule has 94 valence electrons. The molecule has 0 spiro atoms. The maximum Gasteiger partial charge on any atom is 0.0175 e. The van der Waals surface area contributed by atoms with Crippen LogP contribution in [0.15, 0.2) is 28.7 Å². The zero-order valence-corrected chi connectivity index (χ0v) is 12.0. The summed E-state index contributed by atoms with van der Waals surface area (Å²) in [5.74, 6) is 0.612. The average Bonchev–Trinajstić information content (AvgIpc) is 2.58. The topological polar surface area (TPSA) is 15.3 Å². The van der Waals surface area contributed by atoms with Crippen LogP contribution in [0.3, 0.4) is 0 Å². The van der Waals surface area contributed by atoms with Crippen molar-refractivity contribution in [3.8, 4) is 0 Å². The predicted molar refractivity (Wildman–Crippen MR) is 76.5 cm³/mol. The van der Waals surface area contributed by atoms with Crippen LogP contribution in [0.2, 0.25) is 0 Å². The fraction of sp³-hybridized carbons (Fsp3) is 0.571. The molecule has 0 radical (unpaired) electrons. The van der Waals surface area contributed by atoms with Gasteiger partial charge in [-0.2, -0.15) is 0 Å². The van der Waals surface area contributed by atoms with E-state index in [2.05, 4.69) is 57.3 Å². The molecule has 1 fully saturated rings. The number of hydrogen-bond acceptors (Lipinski definition) is 2. The molecule has 3 heteroatoms. The largest absolute Gasteiger partial charge is 0.315 e. The second-order valence-electron chi connectivity index (χ2n) is 4.86. The Labute approximate surface area is 113 Å². The van der Waals surface area contributed by atoms with Gasteiger partial charge in [0.25, 0.3) is 0 Å². The fourth-order valence-electron chi connectivity index (χ4n) is 2.37. The standard InChI is InChI=1S/C14H21BrN2/c1-12(13-3-5-14(15)6-4-13)11-17-9-2-7-16-8-10-17/h3-6,12,16H,2,7-11H2,1H3. The van der Waals surface area contributed by atoms with Crippen LogP contribution in [-0.4, -0.2) is 37.6 Å². The third-order valence-electron chi connectivity index (χ3n) is 3.40. The van der Waals surface area contributed by atoms with E-state index in [0.717, 1.165) is 11.0 Å². The Balaban J connectivity index is 1.91. The highest BCUT2D eigenvalue weighted by molar-refractivity contribution is 9.10. The van der Waals surface area contributed by atoms with E-state index in [1.165, 1.54) is 38.2 Å². The van der Waals surface area contributed by atoms with Crippen LogP contribution < -0.4 is 5.32 Å². The minimum absolute atomic E-state index is 0.612. The van der Waals surface area contributed by atoms with Crippen LogP contribution in [0.1, 0.15) is 24.8 Å². The quantitative estimate of drug-likeness (QED) is 0.923. The van der Waals surface area contributed by atoms with Crippen molar-refractivity contribution >= 4 is 15.9 Å². The summed E-state index contributed by atoms with van der Waals surface area (Å²) in [4.78, 5) is 2.58. The highest BCUT2D eigenvalue weighted by Gasteiger charge is 2.13. The van der Waals surface area contributed by atoms with Gasteiger partial charge in [0.2, 0.25) is 0 Å². The first kappa shape index (κ1) is 13.1. The van der Waals surface area contributed by atoms with Crippen LogP contribution in [0.4, 0.5) is 0 Å². The van der Waals surface area contributed by atoms with E-state index >= 15 is 0 Å². The van der Waals surface area contributed by atoms with Gasteiger partial charge in [0.1, 0.15) is 0 Å². The summed E-state index contributed by atoms with van der Waals surface area (Å²) < 4.78 is 1.16. The third kappa shape index (κ3) is 4.09. The summed E-state index contributed by atoms with van der Waals surface area (Å²) in [6.45, 7) is 8.20. The van der Waals surface area contributed by atoms with Crippen LogP contribution >= 0.6 is 15.9 Å². The molecule has 1 aliphatic heterocycles. The summed E-state index contributed by atoms with van der Waals surface area (Å²) in [6, 6.07) is 8.72. The Morgan fingerprint density at radius 1 is 1.24 bits per heavy atom. The molecule has 17 heavy (non-hydrogen) atoms. The molecule has 0 aliphatic carbocycles. The molecule has 0 amide bonds. The van der Waals surface area contributed by atoms with Crippen LogP contribution in [0.5, 0.6) is 0 Å². The molecule has 1 aromatic rings. The lowest BCUT2D eigenvalue weighted by molar-refractivity contribution is 0.278. The zero-order valence-electron chi connectivity index (χ0n) is 10.5. The molecule has 1 atom stereocenters. The lowest BCUT2D eigenvalue weighted by Crippen LogP contribution is -2.31. The summed E-state index contributed by atoms with van der Waals surface area (Å²) in [5, 5.41) is 3.45. The third-order valence-corrected chi connectivity index (χ3v) is 3.93. The van der Waals surface area contributed by atoms with Crippen LogP contribution in [-0.2, 0) is 0 Å². The summed E-state index contributed by atoms with van der Waals surface area (Å²) in [6.07, 6.45) is 1.27. The molecule has 2 rings (SSSR count). The monoisotopic (exact) mass is 296 g/mol. The summed E-state index contributed by atoms with van der Waals surface area (Å²) in [7, 11) is 0. The van der Waals surface area contributed by atoms with E-state index in [-0.39, 0.29) is 0 Å². The van der Waals surface area contributed by atoms with Gasteiger partial charge in [-0.1, -0.05) is 35.0 Å². The smallest absolute Gasteiger partial charge is 0.0175 e. The maximum absolute atomic E-state index is 3.48. The lowest BCUT2D eigenvalue weighted by Gasteiger charge is -2.23. The highest BCUT2D eigenvalue weighted by Crippen LogP contribution is 2.19. The zero-order chi connectivity index (χ0) is 12.1. The van der Waals surface area contributed by atoms with Gasteiger partial charge in [-0.3, -0.25) is 0 Å². The van der Waals surface area contributed by atoms with E-state index in [1.807, 2.05) is 0 Å². The molecule has 1 heterocycles. The first-order chi connectivity index (χ1) is 8.25. The number of rotatable bonds is 3. The number of benzene rings is 1. The van der Waals surface area contributed by atoms with E-state index < -0.39 is 0 Å². The van der Waals surface area contributed by atoms with E-state index in [9.17, 15) is 0 Å². The lowest BCUT2D eigenvalue weighted by atomic mass is 10.0. The number of hydrogen-bond donors (Lipinski definition) is 1. The predicted octanol–water partition coefficient (Wildman–Crippen LogP) is 2.85. The second kappa shape index (κ2) is 6.53. The first-order valence-corrected chi connectivity index (χ1v) is 7.23. The molecule has 1 N–H and O–H groups in total. The fourth-order valence-corrected chi connectivity index (χ4v) is 2.63. The van der Waals surface area contributed by atoms with Gasteiger partial charge in [0.05, 0.1) is 0 Å². The Morgan fingerprint density at radius 2 is 2.00 bits per heavy atom. The van der Waals surface area contributed by atoms with Crippen molar-refractivity contribution < 1.29 is 0 Å². The maximum atomic E-state index is 3.48. The molecular weight excluding hydrogens is 276 g/mol. The first-order valence-electron chi connectivity index (χ1n) is 6.44. The van der Waals surface area contributed by atoms with Gasteiger partial charge >= 0.3 is 0 Å². The number of nitrogens with one attached hydrogen (secondary N) is 1. The van der Waals surface area contributed by atoms with Gasteiger partial charge < -0.3 is 10.2 Å². The van der Waals surface area contributed by atoms with Gasteiger partial charge in [-0.25, -0.2) is 0 Å². The van der Waals surface area contributed by atoms with Crippen molar-refractivity contribution in [2.75, 3.05) is 32.7 Å². The van der Waals surface area contributed by atoms with E-state index in [4.69, 9.17) is 0 Å². The number of nitrogens with zero attached hydrogens (tertiary/aromatic N) is 1. The summed E-state index contributed by atoms with van der Waals surface area (Å²) in [5.41, 5.74) is 1.44. The average molecular weight is 297 g/mol. The minimum Gasteiger partial charge on any atom is -0.315 e. The molecule has 1 aromatic carbocycles. The van der Waals surface area contributed by atoms with E-state index in [0.29, 0.717) is 5.92 Å². The Hall–Kier alpha value is -0.380. The number of halogens is 1. The van der Waals surface area contributed by atoms with Crippen molar-refractivity contribution in [3.05, 3.63) is 34.3 Å². The Bertz CT molecular complexity index is 329. The Kier molecular flexibility index (Phi) is 5.01. The van der Waals surface area contributed by atoms with Gasteiger partial charge in [-0.05, 0) is 43.1 Å². The highest BCUT2D eigenvalue weighted by atomic mass is 79.9. The SMILES string of the molecule is CC(CN1CCCNCC1)c1ccc(Br)cc1. The van der Waals surface area contributed by atoms with Gasteiger partial charge in [0, 0.05) is 24.1 Å². The normalized spacial score (nSPS) is 19.9. The molecule has 0 saturated carbocycles. The van der Waals surface area contributed by atoms with Crippen molar-refractivity contribution in [2.45, 2.75) is 19.3 Å². The summed E-state index contributed by atoms with van der Waals surface area (Å²) >= 11 is 3.48. The molecule has 1 aliphatic rings.